The molecule has 1 N–H and O–H groups in total. The van der Waals surface area contributed by atoms with Crippen molar-refractivity contribution in [1.82, 2.24) is 5.32 Å². The SMILES string of the molecule is CNCCC1(CCc2ccc(Cl)cc2)CCCCC1. The molecule has 1 aromatic rings. The lowest BCUT2D eigenvalue weighted by Gasteiger charge is -2.38. The van der Waals surface area contributed by atoms with Crippen LogP contribution < -0.4 is 5.32 Å². The maximum Gasteiger partial charge on any atom is 0.0406 e. The Balaban J connectivity index is 1.93. The summed E-state index contributed by atoms with van der Waals surface area (Å²) in [6.45, 7) is 1.15. The summed E-state index contributed by atoms with van der Waals surface area (Å²) in [4.78, 5) is 0. The summed E-state index contributed by atoms with van der Waals surface area (Å²) in [5, 5.41) is 4.17. The topological polar surface area (TPSA) is 12.0 Å². The number of nitrogens with one attached hydrogen (secondary N) is 1. The van der Waals surface area contributed by atoms with Crippen LogP contribution in [0.2, 0.25) is 5.02 Å². The predicted octanol–water partition coefficient (Wildman–Crippen LogP) is 4.83. The van der Waals surface area contributed by atoms with Gasteiger partial charge in [0.2, 0.25) is 0 Å². The van der Waals surface area contributed by atoms with Crippen molar-refractivity contribution in [2.24, 2.45) is 5.41 Å². The van der Waals surface area contributed by atoms with Crippen molar-refractivity contribution >= 4 is 11.6 Å². The first-order valence-electron chi connectivity index (χ1n) is 7.63. The van der Waals surface area contributed by atoms with Gasteiger partial charge in [-0.1, -0.05) is 43.0 Å². The maximum absolute atomic E-state index is 5.95. The van der Waals surface area contributed by atoms with Crippen LogP contribution in [0.25, 0.3) is 0 Å². The molecule has 2 rings (SSSR count). The van der Waals surface area contributed by atoms with Crippen molar-refractivity contribution in [3.05, 3.63) is 34.9 Å². The van der Waals surface area contributed by atoms with E-state index in [4.69, 9.17) is 11.6 Å². The lowest BCUT2D eigenvalue weighted by Crippen LogP contribution is -2.28. The van der Waals surface area contributed by atoms with Crippen LogP contribution in [0.15, 0.2) is 24.3 Å². The highest BCUT2D eigenvalue weighted by atomic mass is 35.5. The predicted molar refractivity (Wildman–Crippen MR) is 83.8 cm³/mol. The molecule has 0 saturated heterocycles. The van der Waals surface area contributed by atoms with E-state index < -0.39 is 0 Å². The van der Waals surface area contributed by atoms with Crippen molar-refractivity contribution in [2.45, 2.75) is 51.4 Å². The second-order valence-corrected chi connectivity index (χ2v) is 6.48. The van der Waals surface area contributed by atoms with Gasteiger partial charge < -0.3 is 5.32 Å². The summed E-state index contributed by atoms with van der Waals surface area (Å²) in [6.07, 6.45) is 11.0. The van der Waals surface area contributed by atoms with Gasteiger partial charge in [0.1, 0.15) is 0 Å². The van der Waals surface area contributed by atoms with Gasteiger partial charge in [0.15, 0.2) is 0 Å². The zero-order valence-electron chi connectivity index (χ0n) is 12.1. The van der Waals surface area contributed by atoms with Crippen molar-refractivity contribution in [2.75, 3.05) is 13.6 Å². The Morgan fingerprint density at radius 1 is 1.05 bits per heavy atom. The molecule has 1 fully saturated rings. The number of benzene rings is 1. The van der Waals surface area contributed by atoms with Crippen LogP contribution in [0.5, 0.6) is 0 Å². The Bertz CT molecular complexity index is 365. The molecule has 1 saturated carbocycles. The quantitative estimate of drug-likeness (QED) is 0.786. The average Bonchev–Trinajstić information content (AvgIpc) is 2.46. The summed E-state index contributed by atoms with van der Waals surface area (Å²) in [5.74, 6) is 0. The van der Waals surface area contributed by atoms with E-state index >= 15 is 0 Å². The molecule has 1 nitrogen and oxygen atoms in total. The van der Waals surface area contributed by atoms with Gasteiger partial charge in [-0.15, -0.1) is 0 Å². The Morgan fingerprint density at radius 3 is 2.37 bits per heavy atom. The molecule has 106 valence electrons. The first-order valence-corrected chi connectivity index (χ1v) is 8.01. The second kappa shape index (κ2) is 7.31. The number of halogens is 1. The lowest BCUT2D eigenvalue weighted by atomic mass is 9.68. The van der Waals surface area contributed by atoms with Crippen LogP contribution in [0, 0.1) is 5.41 Å². The monoisotopic (exact) mass is 279 g/mol. The van der Waals surface area contributed by atoms with E-state index in [1.54, 1.807) is 0 Å². The van der Waals surface area contributed by atoms with E-state index in [2.05, 4.69) is 24.5 Å². The maximum atomic E-state index is 5.95. The molecule has 0 heterocycles. The fourth-order valence-corrected chi connectivity index (χ4v) is 3.50. The van der Waals surface area contributed by atoms with Gasteiger partial charge in [-0.25, -0.2) is 0 Å². The average molecular weight is 280 g/mol. The highest BCUT2D eigenvalue weighted by Gasteiger charge is 2.30. The second-order valence-electron chi connectivity index (χ2n) is 6.04. The highest BCUT2D eigenvalue weighted by Crippen LogP contribution is 2.42. The summed E-state index contributed by atoms with van der Waals surface area (Å²) in [5.41, 5.74) is 2.01. The number of hydrogen-bond donors (Lipinski definition) is 1. The number of hydrogen-bond acceptors (Lipinski definition) is 1. The molecule has 19 heavy (non-hydrogen) atoms. The molecule has 0 radical (unpaired) electrons. The van der Waals surface area contributed by atoms with Crippen LogP contribution in [-0.4, -0.2) is 13.6 Å². The largest absolute Gasteiger partial charge is 0.320 e. The standard InChI is InChI=1S/C17H26ClN/c1-19-14-13-17(10-3-2-4-11-17)12-9-15-5-7-16(18)8-6-15/h5-8,19H,2-4,9-14H2,1H3. The van der Waals surface area contributed by atoms with Crippen LogP contribution in [0.1, 0.15) is 50.5 Å². The number of aryl methyl sites for hydroxylation is 1. The molecule has 0 bridgehead atoms. The fraction of sp³-hybridized carbons (Fsp3) is 0.647. The lowest BCUT2D eigenvalue weighted by molar-refractivity contribution is 0.157. The van der Waals surface area contributed by atoms with E-state index in [1.807, 2.05) is 12.1 Å². The molecule has 0 aliphatic heterocycles. The molecular formula is C17H26ClN. The van der Waals surface area contributed by atoms with Crippen molar-refractivity contribution < 1.29 is 0 Å². The number of rotatable bonds is 6. The third kappa shape index (κ3) is 4.50. The highest BCUT2D eigenvalue weighted by molar-refractivity contribution is 6.30. The third-order valence-corrected chi connectivity index (χ3v) is 4.93. The Hall–Kier alpha value is -0.530. The van der Waals surface area contributed by atoms with Gasteiger partial charge in [-0.3, -0.25) is 0 Å². The molecule has 1 aliphatic rings. The molecule has 0 unspecified atom stereocenters. The van der Waals surface area contributed by atoms with E-state index in [9.17, 15) is 0 Å². The van der Waals surface area contributed by atoms with Crippen LogP contribution in [0.4, 0.5) is 0 Å². The molecule has 0 amide bonds. The zero-order chi connectivity index (χ0) is 13.6. The van der Waals surface area contributed by atoms with Crippen molar-refractivity contribution in [3.8, 4) is 0 Å². The minimum Gasteiger partial charge on any atom is -0.320 e. The normalized spacial score (nSPS) is 18.4. The minimum atomic E-state index is 0.584. The molecule has 0 atom stereocenters. The first-order chi connectivity index (χ1) is 9.24. The van der Waals surface area contributed by atoms with Crippen molar-refractivity contribution in [3.63, 3.8) is 0 Å². The zero-order valence-corrected chi connectivity index (χ0v) is 12.8. The molecular weight excluding hydrogens is 254 g/mol. The summed E-state index contributed by atoms with van der Waals surface area (Å²) >= 11 is 5.95. The van der Waals surface area contributed by atoms with Gasteiger partial charge in [0.25, 0.3) is 0 Å². The van der Waals surface area contributed by atoms with Gasteiger partial charge in [-0.2, -0.15) is 0 Å². The molecule has 2 heteroatoms. The van der Waals surface area contributed by atoms with Gasteiger partial charge in [-0.05, 0) is 68.8 Å². The summed E-state index contributed by atoms with van der Waals surface area (Å²) in [6, 6.07) is 8.38. The van der Waals surface area contributed by atoms with E-state index in [1.165, 1.54) is 56.9 Å². The first kappa shape index (κ1) is 14.9. The van der Waals surface area contributed by atoms with Crippen LogP contribution in [-0.2, 0) is 6.42 Å². The summed E-state index contributed by atoms with van der Waals surface area (Å²) < 4.78 is 0. The molecule has 1 aromatic carbocycles. The van der Waals surface area contributed by atoms with E-state index in [0.717, 1.165) is 11.6 Å². The molecule has 0 spiro atoms. The Labute approximate surface area is 122 Å². The summed E-state index contributed by atoms with van der Waals surface area (Å²) in [7, 11) is 2.07. The smallest absolute Gasteiger partial charge is 0.0406 e. The van der Waals surface area contributed by atoms with Gasteiger partial charge in [0.05, 0.1) is 0 Å². The van der Waals surface area contributed by atoms with Gasteiger partial charge >= 0.3 is 0 Å². The van der Waals surface area contributed by atoms with E-state index in [-0.39, 0.29) is 0 Å². The minimum absolute atomic E-state index is 0.584. The Morgan fingerprint density at radius 2 is 1.74 bits per heavy atom. The van der Waals surface area contributed by atoms with Crippen LogP contribution >= 0.6 is 11.6 Å². The van der Waals surface area contributed by atoms with Crippen LogP contribution in [0.3, 0.4) is 0 Å². The Kier molecular flexibility index (Phi) is 5.72. The third-order valence-electron chi connectivity index (χ3n) is 4.68. The van der Waals surface area contributed by atoms with Gasteiger partial charge in [0, 0.05) is 5.02 Å². The van der Waals surface area contributed by atoms with Crippen molar-refractivity contribution in [1.29, 1.82) is 0 Å². The molecule has 0 aromatic heterocycles. The fourth-order valence-electron chi connectivity index (χ4n) is 3.38. The molecule has 1 aliphatic carbocycles. The van der Waals surface area contributed by atoms with E-state index in [0.29, 0.717) is 5.41 Å².